The molecule has 26 heavy (non-hydrogen) atoms. The van der Waals surface area contributed by atoms with Gasteiger partial charge < -0.3 is 14.5 Å². The lowest BCUT2D eigenvalue weighted by atomic mass is 10.2. The maximum Gasteiger partial charge on any atom is 0.264 e. The Hall–Kier alpha value is -2.12. The molecule has 0 aliphatic heterocycles. The lowest BCUT2D eigenvalue weighted by Gasteiger charge is -2.24. The number of carbonyl (C=O) groups is 2. The van der Waals surface area contributed by atoms with Crippen molar-refractivity contribution in [1.29, 1.82) is 0 Å². The van der Waals surface area contributed by atoms with E-state index in [9.17, 15) is 9.59 Å². The third-order valence-corrected chi connectivity index (χ3v) is 5.35. The Balaban J connectivity index is 2.02. The summed E-state index contributed by atoms with van der Waals surface area (Å²) in [4.78, 5) is 28.8. The molecular formula is C19H21BrN2O3S. The van der Waals surface area contributed by atoms with Crippen molar-refractivity contribution in [2.75, 3.05) is 27.2 Å². The van der Waals surface area contributed by atoms with E-state index in [0.717, 1.165) is 15.1 Å². The number of likely N-dealkylation sites (N-methyl/N-ethyl adjacent to an activating group) is 1. The summed E-state index contributed by atoms with van der Waals surface area (Å²) in [6.07, 6.45) is 1.68. The number of carbonyl (C=O) groups excluding carboxylic acids is 2. The van der Waals surface area contributed by atoms with Crippen molar-refractivity contribution >= 4 is 39.1 Å². The molecule has 0 saturated carbocycles. The third kappa shape index (κ3) is 5.44. The van der Waals surface area contributed by atoms with Gasteiger partial charge in [-0.05, 0) is 45.8 Å². The molecule has 1 aromatic carbocycles. The summed E-state index contributed by atoms with van der Waals surface area (Å²) in [5.41, 5.74) is 0.983. The minimum absolute atomic E-state index is 0.0122. The van der Waals surface area contributed by atoms with Crippen LogP contribution in [0.4, 0.5) is 0 Å². The number of halogens is 1. The van der Waals surface area contributed by atoms with Gasteiger partial charge in [0.2, 0.25) is 5.91 Å². The molecule has 2 rings (SSSR count). The van der Waals surface area contributed by atoms with Gasteiger partial charge in [0.15, 0.2) is 0 Å². The van der Waals surface area contributed by atoms with Crippen molar-refractivity contribution in [3.05, 3.63) is 63.3 Å². The second-order valence-electron chi connectivity index (χ2n) is 5.68. The molecule has 2 amide bonds. The van der Waals surface area contributed by atoms with E-state index in [1.54, 1.807) is 31.2 Å². The molecular weight excluding hydrogens is 416 g/mol. The van der Waals surface area contributed by atoms with E-state index < -0.39 is 0 Å². The summed E-state index contributed by atoms with van der Waals surface area (Å²) in [5.74, 6) is 0.465. The maximum atomic E-state index is 12.7. The van der Waals surface area contributed by atoms with Crippen molar-refractivity contribution in [3.63, 3.8) is 0 Å². The molecule has 0 fully saturated rings. The van der Waals surface area contributed by atoms with E-state index in [1.807, 2.05) is 30.3 Å². The molecule has 0 bridgehead atoms. The number of methoxy groups -OCH3 is 1. The Kier molecular flexibility index (Phi) is 7.41. The van der Waals surface area contributed by atoms with Crippen molar-refractivity contribution in [3.8, 4) is 5.75 Å². The second-order valence-corrected chi connectivity index (χ2v) is 8.14. The first-order chi connectivity index (χ1) is 12.4. The molecule has 0 unspecified atom stereocenters. The Morgan fingerprint density at radius 1 is 1.23 bits per heavy atom. The molecule has 0 aliphatic rings. The molecule has 0 saturated heterocycles. The zero-order valence-electron chi connectivity index (χ0n) is 14.8. The first kappa shape index (κ1) is 20.2. The third-order valence-electron chi connectivity index (χ3n) is 3.74. The van der Waals surface area contributed by atoms with Crippen LogP contribution in [0.15, 0.2) is 52.8 Å². The van der Waals surface area contributed by atoms with Gasteiger partial charge in [0.05, 0.1) is 22.3 Å². The maximum absolute atomic E-state index is 12.7. The van der Waals surface area contributed by atoms with Gasteiger partial charge in [0, 0.05) is 20.1 Å². The van der Waals surface area contributed by atoms with Crippen molar-refractivity contribution in [2.45, 2.75) is 6.54 Å². The van der Waals surface area contributed by atoms with Gasteiger partial charge >= 0.3 is 0 Å². The molecule has 138 valence electrons. The van der Waals surface area contributed by atoms with Gasteiger partial charge in [-0.15, -0.1) is 17.9 Å². The molecule has 7 heteroatoms. The highest BCUT2D eigenvalue weighted by Gasteiger charge is 2.20. The molecule has 0 spiro atoms. The molecule has 5 nitrogen and oxygen atoms in total. The Morgan fingerprint density at radius 2 is 1.92 bits per heavy atom. The summed E-state index contributed by atoms with van der Waals surface area (Å²) in [6, 6.07) is 11.1. The lowest BCUT2D eigenvalue weighted by molar-refractivity contribution is -0.131. The molecule has 2 aromatic rings. The summed E-state index contributed by atoms with van der Waals surface area (Å²) in [6.45, 7) is 4.59. The SMILES string of the molecule is C=CCN(Cc1ccc(OC)cc1)C(=O)CN(C)C(=O)c1ccc(Br)s1. The van der Waals surface area contributed by atoms with Crippen LogP contribution in [0.25, 0.3) is 0 Å². The van der Waals surface area contributed by atoms with E-state index in [4.69, 9.17) is 4.74 Å². The highest BCUT2D eigenvalue weighted by Crippen LogP contribution is 2.23. The fourth-order valence-corrected chi connectivity index (χ4v) is 3.73. The van der Waals surface area contributed by atoms with E-state index in [0.29, 0.717) is 18.0 Å². The summed E-state index contributed by atoms with van der Waals surface area (Å²) >= 11 is 4.69. The molecule has 0 N–H and O–H groups in total. The van der Waals surface area contributed by atoms with Crippen LogP contribution in [-0.4, -0.2) is 48.9 Å². The van der Waals surface area contributed by atoms with Gasteiger partial charge in [0.1, 0.15) is 5.75 Å². The van der Waals surface area contributed by atoms with E-state index >= 15 is 0 Å². The van der Waals surface area contributed by atoms with Crippen LogP contribution in [0.1, 0.15) is 15.2 Å². The average molecular weight is 437 g/mol. The minimum Gasteiger partial charge on any atom is -0.497 e. The van der Waals surface area contributed by atoms with Crippen LogP contribution in [-0.2, 0) is 11.3 Å². The Labute approximate surface area is 166 Å². The molecule has 1 heterocycles. The van der Waals surface area contributed by atoms with Crippen LogP contribution in [0, 0.1) is 0 Å². The number of hydrogen-bond donors (Lipinski definition) is 0. The van der Waals surface area contributed by atoms with Crippen LogP contribution in [0.5, 0.6) is 5.75 Å². The highest BCUT2D eigenvalue weighted by atomic mass is 79.9. The fourth-order valence-electron chi connectivity index (χ4n) is 2.35. The zero-order chi connectivity index (χ0) is 19.1. The summed E-state index contributed by atoms with van der Waals surface area (Å²) in [5, 5.41) is 0. The molecule has 0 radical (unpaired) electrons. The quantitative estimate of drug-likeness (QED) is 0.591. The Morgan fingerprint density at radius 3 is 2.46 bits per heavy atom. The van der Waals surface area contributed by atoms with Crippen molar-refractivity contribution in [1.82, 2.24) is 9.80 Å². The van der Waals surface area contributed by atoms with Gasteiger partial charge in [-0.25, -0.2) is 0 Å². The van der Waals surface area contributed by atoms with E-state index in [2.05, 4.69) is 22.5 Å². The second kappa shape index (κ2) is 9.54. The predicted octanol–water partition coefficient (Wildman–Crippen LogP) is 3.81. The fraction of sp³-hybridized carbons (Fsp3) is 0.263. The van der Waals surface area contributed by atoms with Gasteiger partial charge in [-0.1, -0.05) is 18.2 Å². The first-order valence-corrected chi connectivity index (χ1v) is 9.58. The standard InChI is InChI=1S/C19H21BrN2O3S/c1-4-11-22(12-14-5-7-15(25-3)8-6-14)18(23)13-21(2)19(24)16-9-10-17(20)26-16/h4-10H,1,11-13H2,2-3H3. The van der Waals surface area contributed by atoms with E-state index in [1.165, 1.54) is 16.2 Å². The number of hydrogen-bond acceptors (Lipinski definition) is 4. The number of thiophene rings is 1. The van der Waals surface area contributed by atoms with Crippen LogP contribution >= 0.6 is 27.3 Å². The van der Waals surface area contributed by atoms with Crippen LogP contribution in [0.2, 0.25) is 0 Å². The van der Waals surface area contributed by atoms with Gasteiger partial charge in [-0.2, -0.15) is 0 Å². The summed E-state index contributed by atoms with van der Waals surface area (Å²) < 4.78 is 6.03. The summed E-state index contributed by atoms with van der Waals surface area (Å²) in [7, 11) is 3.24. The topological polar surface area (TPSA) is 49.9 Å². The largest absolute Gasteiger partial charge is 0.497 e. The number of ether oxygens (including phenoxy) is 1. The predicted molar refractivity (Wildman–Crippen MR) is 108 cm³/mol. The van der Waals surface area contributed by atoms with Crippen LogP contribution in [0.3, 0.4) is 0 Å². The number of rotatable bonds is 8. The smallest absolute Gasteiger partial charge is 0.264 e. The van der Waals surface area contributed by atoms with Crippen molar-refractivity contribution in [2.24, 2.45) is 0 Å². The Bertz CT molecular complexity index is 773. The number of benzene rings is 1. The molecule has 1 aromatic heterocycles. The van der Waals surface area contributed by atoms with Crippen LogP contribution < -0.4 is 4.74 Å². The number of amides is 2. The monoisotopic (exact) mass is 436 g/mol. The molecule has 0 atom stereocenters. The number of nitrogens with zero attached hydrogens (tertiary/aromatic N) is 2. The normalized spacial score (nSPS) is 10.3. The minimum atomic E-state index is -0.169. The highest BCUT2D eigenvalue weighted by molar-refractivity contribution is 9.11. The average Bonchev–Trinajstić information content (AvgIpc) is 3.07. The van der Waals surface area contributed by atoms with E-state index in [-0.39, 0.29) is 18.4 Å². The van der Waals surface area contributed by atoms with Crippen molar-refractivity contribution < 1.29 is 14.3 Å². The zero-order valence-corrected chi connectivity index (χ0v) is 17.2. The lowest BCUT2D eigenvalue weighted by Crippen LogP contribution is -2.40. The van der Waals surface area contributed by atoms with Gasteiger partial charge in [0.25, 0.3) is 5.91 Å². The first-order valence-electron chi connectivity index (χ1n) is 7.97. The molecule has 0 aliphatic carbocycles. The van der Waals surface area contributed by atoms with Gasteiger partial charge in [-0.3, -0.25) is 9.59 Å².